The number of fused-ring (bicyclic) bond motifs is 3. The summed E-state index contributed by atoms with van der Waals surface area (Å²) in [5, 5.41) is 0. The summed E-state index contributed by atoms with van der Waals surface area (Å²) >= 11 is 0. The van der Waals surface area contributed by atoms with Crippen LogP contribution >= 0.6 is 0 Å². The molecule has 21 heavy (non-hydrogen) atoms. The Hall–Kier alpha value is -1.39. The minimum absolute atomic E-state index is 0.0844. The van der Waals surface area contributed by atoms with Crippen molar-refractivity contribution in [2.24, 2.45) is 0 Å². The fraction of sp³-hybridized carbons (Fsp3) is 0.588. The van der Waals surface area contributed by atoms with E-state index in [9.17, 15) is 4.79 Å². The molecule has 3 heterocycles. The number of quaternary nitrogens is 1. The van der Waals surface area contributed by atoms with E-state index in [1.165, 1.54) is 5.56 Å². The second kappa shape index (κ2) is 5.78. The van der Waals surface area contributed by atoms with Crippen molar-refractivity contribution in [3.63, 3.8) is 0 Å². The summed E-state index contributed by atoms with van der Waals surface area (Å²) in [6.07, 6.45) is 0. The summed E-state index contributed by atoms with van der Waals surface area (Å²) in [4.78, 5) is 17.2. The number of benzene rings is 1. The second-order valence-electron chi connectivity index (χ2n) is 6.59. The topological polar surface area (TPSA) is 23.6 Å². The van der Waals surface area contributed by atoms with Gasteiger partial charge in [-0.3, -0.25) is 9.69 Å². The molecule has 0 N–H and O–H groups in total. The number of likely N-dealkylation sites (N-methyl/N-ethyl adjacent to an activating group) is 1. The Kier molecular flexibility index (Phi) is 4.00. The van der Waals surface area contributed by atoms with Gasteiger partial charge in [-0.2, -0.15) is 0 Å². The van der Waals surface area contributed by atoms with E-state index in [1.807, 2.05) is 30.1 Å². The molecule has 1 atom stereocenters. The van der Waals surface area contributed by atoms with Crippen LogP contribution in [0.15, 0.2) is 30.3 Å². The predicted octanol–water partition coefficient (Wildman–Crippen LogP) is 1.18. The highest BCUT2D eigenvalue weighted by Crippen LogP contribution is 2.24. The molecular weight excluding hydrogens is 262 g/mol. The molecule has 0 saturated carbocycles. The monoisotopic (exact) mass is 288 g/mol. The van der Waals surface area contributed by atoms with Gasteiger partial charge in [-0.05, 0) is 12.5 Å². The minimum atomic E-state index is 0.0844. The fourth-order valence-electron chi connectivity index (χ4n) is 3.76. The maximum atomic E-state index is 12.8. The Balaban J connectivity index is 1.66. The Labute approximate surface area is 127 Å². The summed E-state index contributed by atoms with van der Waals surface area (Å²) in [7, 11) is 1.93. The summed E-state index contributed by atoms with van der Waals surface area (Å²) in [5.74, 6) is 0.286. The lowest BCUT2D eigenvalue weighted by atomic mass is 10.1. The van der Waals surface area contributed by atoms with Gasteiger partial charge in [0.25, 0.3) is 5.91 Å². The smallest absolute Gasteiger partial charge is 0.280 e. The van der Waals surface area contributed by atoms with E-state index in [1.54, 1.807) is 0 Å². The van der Waals surface area contributed by atoms with Crippen molar-refractivity contribution in [3.05, 3.63) is 35.9 Å². The van der Waals surface area contributed by atoms with E-state index < -0.39 is 0 Å². The first kappa shape index (κ1) is 14.5. The number of carbonyl (C=O) groups excluding carboxylic acids is 1. The molecule has 0 spiro atoms. The van der Waals surface area contributed by atoms with Gasteiger partial charge in [-0.25, -0.2) is 0 Å². The van der Waals surface area contributed by atoms with Crippen LogP contribution in [0.1, 0.15) is 12.5 Å². The molecule has 114 valence electrons. The van der Waals surface area contributed by atoms with Crippen molar-refractivity contribution in [1.82, 2.24) is 9.80 Å². The normalized spacial score (nSPS) is 29.1. The van der Waals surface area contributed by atoms with Crippen LogP contribution in [0.2, 0.25) is 0 Å². The van der Waals surface area contributed by atoms with Gasteiger partial charge in [0.05, 0.1) is 19.6 Å². The standard InChI is InChI=1S/C17H26N3O/c1-15(20-11-8-19(9-12-20)10-13-20)17(21)18(2)14-16-6-4-3-5-7-16/h3-7,15H,8-14H2,1-2H3/q+1/t15-/m1/s1. The molecular formula is C17H26N3O+. The zero-order valence-corrected chi connectivity index (χ0v) is 13.2. The largest absolute Gasteiger partial charge is 0.336 e. The van der Waals surface area contributed by atoms with Crippen molar-refractivity contribution >= 4 is 5.91 Å². The first-order valence-electron chi connectivity index (χ1n) is 7.98. The van der Waals surface area contributed by atoms with E-state index in [0.29, 0.717) is 6.54 Å². The number of carbonyl (C=O) groups is 1. The van der Waals surface area contributed by atoms with Gasteiger partial charge in [0.2, 0.25) is 0 Å². The van der Waals surface area contributed by atoms with Gasteiger partial charge < -0.3 is 9.38 Å². The Morgan fingerprint density at radius 1 is 1.19 bits per heavy atom. The van der Waals surface area contributed by atoms with Gasteiger partial charge in [0.1, 0.15) is 0 Å². The number of hydrogen-bond donors (Lipinski definition) is 0. The van der Waals surface area contributed by atoms with Crippen LogP contribution in [0.25, 0.3) is 0 Å². The third-order valence-electron chi connectivity index (χ3n) is 5.40. The van der Waals surface area contributed by atoms with Crippen molar-refractivity contribution in [2.45, 2.75) is 19.5 Å². The van der Waals surface area contributed by atoms with E-state index in [-0.39, 0.29) is 11.9 Å². The maximum Gasteiger partial charge on any atom is 0.280 e. The van der Waals surface area contributed by atoms with Crippen LogP contribution < -0.4 is 0 Å². The number of hydrogen-bond acceptors (Lipinski definition) is 2. The molecule has 1 aromatic carbocycles. The van der Waals surface area contributed by atoms with E-state index >= 15 is 0 Å². The lowest BCUT2D eigenvalue weighted by Crippen LogP contribution is -2.72. The molecule has 1 aromatic rings. The van der Waals surface area contributed by atoms with Crippen molar-refractivity contribution in [1.29, 1.82) is 0 Å². The van der Waals surface area contributed by atoms with Crippen LogP contribution in [-0.4, -0.2) is 72.5 Å². The zero-order valence-electron chi connectivity index (χ0n) is 13.2. The van der Waals surface area contributed by atoms with Crippen molar-refractivity contribution in [3.8, 4) is 0 Å². The van der Waals surface area contributed by atoms with E-state index in [2.05, 4.69) is 24.0 Å². The molecule has 3 fully saturated rings. The molecule has 4 rings (SSSR count). The van der Waals surface area contributed by atoms with Crippen molar-refractivity contribution < 1.29 is 9.28 Å². The molecule has 4 nitrogen and oxygen atoms in total. The van der Waals surface area contributed by atoms with E-state index in [0.717, 1.165) is 43.8 Å². The number of nitrogens with zero attached hydrogens (tertiary/aromatic N) is 3. The summed E-state index contributed by atoms with van der Waals surface area (Å²) in [6, 6.07) is 10.3. The number of piperazine rings is 3. The molecule has 0 radical (unpaired) electrons. The van der Waals surface area contributed by atoms with Crippen LogP contribution in [0.3, 0.4) is 0 Å². The summed E-state index contributed by atoms with van der Waals surface area (Å²) in [6.45, 7) is 9.69. The van der Waals surface area contributed by atoms with Crippen LogP contribution in [0, 0.1) is 0 Å². The highest BCUT2D eigenvalue weighted by atomic mass is 16.2. The van der Waals surface area contributed by atoms with Crippen LogP contribution in [0.5, 0.6) is 0 Å². The second-order valence-corrected chi connectivity index (χ2v) is 6.59. The minimum Gasteiger partial charge on any atom is -0.336 e. The molecule has 3 aliphatic rings. The first-order chi connectivity index (χ1) is 10.1. The molecule has 0 aromatic heterocycles. The molecule has 0 aliphatic carbocycles. The van der Waals surface area contributed by atoms with Gasteiger partial charge in [-0.15, -0.1) is 0 Å². The number of rotatable bonds is 4. The molecule has 4 heteroatoms. The van der Waals surface area contributed by atoms with Gasteiger partial charge >= 0.3 is 0 Å². The maximum absolute atomic E-state index is 12.8. The summed E-state index contributed by atoms with van der Waals surface area (Å²) < 4.78 is 0.995. The highest BCUT2D eigenvalue weighted by Gasteiger charge is 2.45. The van der Waals surface area contributed by atoms with Gasteiger partial charge in [-0.1, -0.05) is 30.3 Å². The number of amides is 1. The first-order valence-corrected chi connectivity index (χ1v) is 7.98. The third-order valence-corrected chi connectivity index (χ3v) is 5.40. The Morgan fingerprint density at radius 2 is 1.76 bits per heavy atom. The third kappa shape index (κ3) is 2.83. The Bertz CT molecular complexity index is 480. The fourth-order valence-corrected chi connectivity index (χ4v) is 3.76. The average molecular weight is 288 g/mol. The molecule has 3 aliphatic heterocycles. The van der Waals surface area contributed by atoms with Crippen molar-refractivity contribution in [2.75, 3.05) is 46.3 Å². The van der Waals surface area contributed by atoms with Gasteiger partial charge in [0, 0.05) is 33.2 Å². The predicted molar refractivity (Wildman–Crippen MR) is 83.7 cm³/mol. The lowest BCUT2D eigenvalue weighted by Gasteiger charge is -2.53. The van der Waals surface area contributed by atoms with Crippen LogP contribution in [0.4, 0.5) is 0 Å². The molecule has 0 unspecified atom stereocenters. The van der Waals surface area contributed by atoms with E-state index in [4.69, 9.17) is 0 Å². The van der Waals surface area contributed by atoms with Gasteiger partial charge in [0.15, 0.2) is 6.04 Å². The quantitative estimate of drug-likeness (QED) is 0.777. The SMILES string of the molecule is C[C@H](C(=O)N(C)Cc1ccccc1)[N+]12CCN(CC1)CC2. The summed E-state index contributed by atoms with van der Waals surface area (Å²) in [5.41, 5.74) is 1.20. The molecule has 2 bridgehead atoms. The lowest BCUT2D eigenvalue weighted by molar-refractivity contribution is -0.953. The molecule has 1 amide bonds. The average Bonchev–Trinajstić information content (AvgIpc) is 2.56. The van der Waals surface area contributed by atoms with Crippen LogP contribution in [-0.2, 0) is 11.3 Å². The molecule has 3 saturated heterocycles. The Morgan fingerprint density at radius 3 is 2.33 bits per heavy atom. The highest BCUT2D eigenvalue weighted by molar-refractivity contribution is 5.80. The zero-order chi connectivity index (χ0) is 14.9.